The lowest BCUT2D eigenvalue weighted by Crippen LogP contribution is -2.44. The number of benzene rings is 1. The largest absolute Gasteiger partial charge is 0.416 e. The SMILES string of the molecule is CC1=CC2NN=C(C(=O)N3C[C@H]4CC(c5ccccc5C(F)(F)F)C[C@H]4C3)N2C=C1. The van der Waals surface area contributed by atoms with Crippen molar-refractivity contribution in [3.63, 3.8) is 0 Å². The van der Waals surface area contributed by atoms with Crippen molar-refractivity contribution in [2.75, 3.05) is 13.1 Å². The van der Waals surface area contributed by atoms with E-state index < -0.39 is 11.7 Å². The Morgan fingerprint density at radius 1 is 1.17 bits per heavy atom. The lowest BCUT2D eigenvalue weighted by atomic mass is 9.91. The number of rotatable bonds is 2. The van der Waals surface area contributed by atoms with Crippen molar-refractivity contribution < 1.29 is 18.0 Å². The third kappa shape index (κ3) is 3.18. The van der Waals surface area contributed by atoms with E-state index in [9.17, 15) is 18.0 Å². The topological polar surface area (TPSA) is 47.9 Å². The first-order valence-electron chi connectivity index (χ1n) is 10.2. The van der Waals surface area contributed by atoms with Crippen LogP contribution in [0.2, 0.25) is 0 Å². The molecule has 1 aromatic carbocycles. The van der Waals surface area contributed by atoms with Crippen LogP contribution in [0.1, 0.15) is 36.8 Å². The van der Waals surface area contributed by atoms with Crippen molar-refractivity contribution in [2.24, 2.45) is 16.9 Å². The Kier molecular flexibility index (Phi) is 4.41. The molecule has 8 heteroatoms. The van der Waals surface area contributed by atoms with Gasteiger partial charge in [-0.2, -0.15) is 18.3 Å². The minimum atomic E-state index is -4.34. The van der Waals surface area contributed by atoms with E-state index in [0.717, 1.165) is 5.57 Å². The number of nitrogens with one attached hydrogen (secondary N) is 1. The number of hydrogen-bond acceptors (Lipinski definition) is 4. The number of nitrogens with zero attached hydrogens (tertiary/aromatic N) is 3. The van der Waals surface area contributed by atoms with Crippen molar-refractivity contribution in [3.05, 3.63) is 59.3 Å². The first-order valence-corrected chi connectivity index (χ1v) is 10.2. The summed E-state index contributed by atoms with van der Waals surface area (Å²) in [6, 6.07) is 5.90. The predicted octanol–water partition coefficient (Wildman–Crippen LogP) is 3.68. The molecule has 1 aromatic rings. The maximum absolute atomic E-state index is 13.4. The van der Waals surface area contributed by atoms with E-state index in [0.29, 0.717) is 37.3 Å². The van der Waals surface area contributed by atoms with Gasteiger partial charge in [0.1, 0.15) is 6.17 Å². The third-order valence-electron chi connectivity index (χ3n) is 6.70. The van der Waals surface area contributed by atoms with Crippen molar-refractivity contribution in [1.29, 1.82) is 0 Å². The zero-order chi connectivity index (χ0) is 21.0. The summed E-state index contributed by atoms with van der Waals surface area (Å²) in [6.45, 7) is 3.14. The van der Waals surface area contributed by atoms with E-state index in [-0.39, 0.29) is 29.8 Å². The van der Waals surface area contributed by atoms with E-state index >= 15 is 0 Å². The van der Waals surface area contributed by atoms with Crippen LogP contribution in [-0.2, 0) is 11.0 Å². The molecule has 0 radical (unpaired) electrons. The van der Waals surface area contributed by atoms with Gasteiger partial charge in [-0.3, -0.25) is 10.2 Å². The summed E-state index contributed by atoms with van der Waals surface area (Å²) >= 11 is 0. The molecule has 5 rings (SSSR count). The number of hydrogen-bond donors (Lipinski definition) is 1. The molecule has 0 spiro atoms. The summed E-state index contributed by atoms with van der Waals surface area (Å²) in [6.07, 6.45) is 2.69. The van der Waals surface area contributed by atoms with Crippen LogP contribution >= 0.6 is 0 Å². The minimum absolute atomic E-state index is 0.108. The van der Waals surface area contributed by atoms with Crippen molar-refractivity contribution in [1.82, 2.24) is 15.2 Å². The molecule has 30 heavy (non-hydrogen) atoms. The van der Waals surface area contributed by atoms with Gasteiger partial charge in [0.25, 0.3) is 5.91 Å². The molecule has 1 amide bonds. The van der Waals surface area contributed by atoms with Gasteiger partial charge in [0, 0.05) is 19.3 Å². The summed E-state index contributed by atoms with van der Waals surface area (Å²) in [7, 11) is 0. The Bertz CT molecular complexity index is 953. The van der Waals surface area contributed by atoms with Crippen LogP contribution in [0.15, 0.2) is 53.3 Å². The number of carbonyl (C=O) groups is 1. The summed E-state index contributed by atoms with van der Waals surface area (Å²) in [5.41, 5.74) is 3.95. The highest BCUT2D eigenvalue weighted by atomic mass is 19.4. The Morgan fingerprint density at radius 3 is 2.57 bits per heavy atom. The van der Waals surface area contributed by atoms with Crippen LogP contribution in [0.3, 0.4) is 0 Å². The smallest absolute Gasteiger partial charge is 0.335 e. The van der Waals surface area contributed by atoms with Crippen molar-refractivity contribution in [3.8, 4) is 0 Å². The van der Waals surface area contributed by atoms with Crippen LogP contribution in [0.25, 0.3) is 0 Å². The second-order valence-electron chi connectivity index (χ2n) is 8.63. The first-order chi connectivity index (χ1) is 14.3. The third-order valence-corrected chi connectivity index (χ3v) is 6.70. The summed E-state index contributed by atoms with van der Waals surface area (Å²) in [5, 5.41) is 4.23. The molecule has 2 fully saturated rings. The maximum Gasteiger partial charge on any atom is 0.416 e. The lowest BCUT2D eigenvalue weighted by molar-refractivity contribution is -0.138. The minimum Gasteiger partial charge on any atom is -0.335 e. The number of likely N-dealkylation sites (tertiary alicyclic amines) is 1. The van der Waals surface area contributed by atoms with Crippen LogP contribution < -0.4 is 5.43 Å². The molecule has 3 aliphatic heterocycles. The van der Waals surface area contributed by atoms with E-state index in [1.54, 1.807) is 12.1 Å². The van der Waals surface area contributed by atoms with Crippen molar-refractivity contribution in [2.45, 2.75) is 38.0 Å². The number of hydrazone groups is 1. The summed E-state index contributed by atoms with van der Waals surface area (Å²) < 4.78 is 40.2. The number of amides is 1. The highest BCUT2D eigenvalue weighted by molar-refractivity contribution is 6.38. The normalized spacial score (nSPS) is 30.0. The van der Waals surface area contributed by atoms with E-state index in [1.165, 1.54) is 12.1 Å². The molecule has 3 heterocycles. The Morgan fingerprint density at radius 2 is 1.87 bits per heavy atom. The van der Waals surface area contributed by atoms with E-state index in [1.807, 2.05) is 35.1 Å². The molecule has 1 saturated carbocycles. The number of allylic oxidation sites excluding steroid dienone is 2. The number of carbonyl (C=O) groups excluding carboxylic acids is 1. The monoisotopic (exact) mass is 416 g/mol. The molecule has 0 aromatic heterocycles. The predicted molar refractivity (Wildman–Crippen MR) is 106 cm³/mol. The second kappa shape index (κ2) is 6.89. The van der Waals surface area contributed by atoms with Crippen LogP contribution in [0.4, 0.5) is 13.2 Å². The number of amidine groups is 1. The molecule has 158 valence electrons. The Hall–Kier alpha value is -2.77. The number of halogens is 3. The van der Waals surface area contributed by atoms with Gasteiger partial charge in [-0.15, -0.1) is 0 Å². The fraction of sp³-hybridized carbons (Fsp3) is 0.455. The molecule has 5 nitrogen and oxygen atoms in total. The van der Waals surface area contributed by atoms with Crippen LogP contribution in [0, 0.1) is 11.8 Å². The Labute approximate surface area is 172 Å². The van der Waals surface area contributed by atoms with Gasteiger partial charge in [-0.1, -0.05) is 18.2 Å². The standard InChI is InChI=1S/C22H23F3N4O/c1-13-6-7-29-19(8-13)26-27-20(29)21(30)28-11-15-9-14(10-16(15)12-28)17-4-2-3-5-18(17)22(23,24)25/h2-8,14-16,19,26H,9-12H2,1H3/t14?,15-,16+,19?. The Balaban J connectivity index is 1.26. The first kappa shape index (κ1) is 19.2. The molecule has 1 saturated heterocycles. The van der Waals surface area contributed by atoms with E-state index in [2.05, 4.69) is 10.5 Å². The van der Waals surface area contributed by atoms with Gasteiger partial charge in [-0.25, -0.2) is 0 Å². The average molecular weight is 416 g/mol. The quantitative estimate of drug-likeness (QED) is 0.800. The average Bonchev–Trinajstić information content (AvgIpc) is 3.39. The lowest BCUT2D eigenvalue weighted by Gasteiger charge is -2.26. The second-order valence-corrected chi connectivity index (χ2v) is 8.63. The van der Waals surface area contributed by atoms with Gasteiger partial charge in [0.2, 0.25) is 5.84 Å². The fourth-order valence-corrected chi connectivity index (χ4v) is 5.29. The molecular weight excluding hydrogens is 393 g/mol. The highest BCUT2D eigenvalue weighted by Gasteiger charge is 2.46. The van der Waals surface area contributed by atoms with Gasteiger partial charge in [-0.05, 0) is 66.9 Å². The zero-order valence-corrected chi connectivity index (χ0v) is 16.6. The molecule has 2 unspecified atom stereocenters. The van der Waals surface area contributed by atoms with Crippen LogP contribution in [-0.4, -0.2) is 40.8 Å². The van der Waals surface area contributed by atoms with Crippen LogP contribution in [0.5, 0.6) is 0 Å². The molecular formula is C22H23F3N4O. The molecule has 4 atom stereocenters. The molecule has 0 bridgehead atoms. The highest BCUT2D eigenvalue weighted by Crippen LogP contribution is 2.48. The molecule has 4 aliphatic rings. The van der Waals surface area contributed by atoms with Crippen molar-refractivity contribution >= 4 is 11.7 Å². The van der Waals surface area contributed by atoms with Gasteiger partial charge >= 0.3 is 6.18 Å². The number of fused-ring (bicyclic) bond motifs is 2. The fourth-order valence-electron chi connectivity index (χ4n) is 5.29. The number of alkyl halides is 3. The molecule has 1 aliphatic carbocycles. The van der Waals surface area contributed by atoms with E-state index in [4.69, 9.17) is 0 Å². The maximum atomic E-state index is 13.4. The summed E-state index contributed by atoms with van der Waals surface area (Å²) in [4.78, 5) is 16.7. The van der Waals surface area contributed by atoms with Gasteiger partial charge < -0.3 is 9.80 Å². The molecule has 1 N–H and O–H groups in total. The van der Waals surface area contributed by atoms with Gasteiger partial charge in [0.15, 0.2) is 0 Å². The van der Waals surface area contributed by atoms with Gasteiger partial charge in [0.05, 0.1) is 5.56 Å². The summed E-state index contributed by atoms with van der Waals surface area (Å²) in [5.74, 6) is 0.598. The zero-order valence-electron chi connectivity index (χ0n) is 16.6.